The fraction of sp³-hybridized carbons (Fsp3) is 0.381. The van der Waals surface area contributed by atoms with Crippen LogP contribution in [0.2, 0.25) is 0 Å². The van der Waals surface area contributed by atoms with Gasteiger partial charge in [0, 0.05) is 37.3 Å². The van der Waals surface area contributed by atoms with Crippen molar-refractivity contribution in [1.29, 1.82) is 0 Å². The van der Waals surface area contributed by atoms with Crippen molar-refractivity contribution in [3.8, 4) is 5.75 Å². The number of aryl methyl sites for hydroxylation is 2. The highest BCUT2D eigenvalue weighted by Crippen LogP contribution is 2.34. The lowest BCUT2D eigenvalue weighted by Gasteiger charge is -2.31. The van der Waals surface area contributed by atoms with E-state index in [0.29, 0.717) is 18.7 Å². The fourth-order valence-electron chi connectivity index (χ4n) is 3.33. The van der Waals surface area contributed by atoms with Gasteiger partial charge in [0.15, 0.2) is 6.61 Å². The molecule has 1 aliphatic rings. The molecule has 0 spiro atoms. The smallest absolute Gasteiger partial charge is 0.257 e. The molecule has 0 saturated heterocycles. The van der Waals surface area contributed by atoms with Crippen LogP contribution in [0.5, 0.6) is 5.75 Å². The van der Waals surface area contributed by atoms with Crippen LogP contribution in [-0.4, -0.2) is 37.0 Å². The first-order valence-electron chi connectivity index (χ1n) is 9.21. The van der Waals surface area contributed by atoms with Crippen LogP contribution in [0.4, 0.5) is 5.69 Å². The molecule has 0 unspecified atom stereocenters. The molecule has 1 aromatic carbocycles. The molecule has 2 amide bonds. The summed E-state index contributed by atoms with van der Waals surface area (Å²) >= 11 is 0. The van der Waals surface area contributed by atoms with Crippen molar-refractivity contribution in [3.63, 3.8) is 0 Å². The third-order valence-corrected chi connectivity index (χ3v) is 4.84. The van der Waals surface area contributed by atoms with Crippen molar-refractivity contribution >= 4 is 17.5 Å². The summed E-state index contributed by atoms with van der Waals surface area (Å²) in [5, 5.41) is 2.89. The minimum absolute atomic E-state index is 0.0268. The van der Waals surface area contributed by atoms with Crippen molar-refractivity contribution in [2.24, 2.45) is 0 Å². The number of fused-ring (bicyclic) bond motifs is 1. The molecular formula is C21H25N3O3. The molecule has 0 saturated carbocycles. The van der Waals surface area contributed by atoms with Crippen LogP contribution in [0, 0.1) is 6.92 Å². The molecule has 1 atom stereocenters. The Labute approximate surface area is 159 Å². The maximum absolute atomic E-state index is 12.2. The zero-order chi connectivity index (χ0) is 19.4. The van der Waals surface area contributed by atoms with Crippen molar-refractivity contribution in [3.05, 3.63) is 53.3 Å². The number of hydrogen-bond donors (Lipinski definition) is 1. The first-order valence-corrected chi connectivity index (χ1v) is 9.21. The van der Waals surface area contributed by atoms with Crippen molar-refractivity contribution in [2.75, 3.05) is 25.1 Å². The fourth-order valence-corrected chi connectivity index (χ4v) is 3.33. The van der Waals surface area contributed by atoms with Gasteiger partial charge in [0.1, 0.15) is 5.75 Å². The zero-order valence-electron chi connectivity index (χ0n) is 16.0. The highest BCUT2D eigenvalue weighted by molar-refractivity contribution is 5.96. The summed E-state index contributed by atoms with van der Waals surface area (Å²) in [7, 11) is 1.78. The Kier molecular flexibility index (Phi) is 5.74. The Morgan fingerprint density at radius 1 is 1.30 bits per heavy atom. The van der Waals surface area contributed by atoms with Crippen molar-refractivity contribution < 1.29 is 14.3 Å². The van der Waals surface area contributed by atoms with E-state index in [-0.39, 0.29) is 24.3 Å². The van der Waals surface area contributed by atoms with Crippen molar-refractivity contribution in [1.82, 2.24) is 10.3 Å². The number of para-hydroxylation sites is 1. The number of aromatic nitrogens is 1. The van der Waals surface area contributed by atoms with E-state index in [1.165, 1.54) is 0 Å². The summed E-state index contributed by atoms with van der Waals surface area (Å²) in [6.07, 6.45) is 1.13. The number of carbonyl (C=O) groups is 2. The lowest BCUT2D eigenvalue weighted by molar-refractivity contribution is -0.124. The summed E-state index contributed by atoms with van der Waals surface area (Å²) in [6, 6.07) is 11.5. The summed E-state index contributed by atoms with van der Waals surface area (Å²) < 4.78 is 5.64. The number of anilines is 1. The number of nitrogens with one attached hydrogen (secondary N) is 1. The van der Waals surface area contributed by atoms with E-state index in [9.17, 15) is 9.59 Å². The summed E-state index contributed by atoms with van der Waals surface area (Å²) in [4.78, 5) is 30.5. The monoisotopic (exact) mass is 367 g/mol. The Hall–Kier alpha value is -2.89. The van der Waals surface area contributed by atoms with E-state index < -0.39 is 0 Å². The van der Waals surface area contributed by atoms with E-state index in [4.69, 9.17) is 4.74 Å². The van der Waals surface area contributed by atoms with Crippen LogP contribution in [0.3, 0.4) is 0 Å². The van der Waals surface area contributed by atoms with Gasteiger partial charge in [-0.15, -0.1) is 0 Å². The van der Waals surface area contributed by atoms with Crippen LogP contribution in [0.25, 0.3) is 0 Å². The molecule has 0 fully saturated rings. The number of amides is 2. The number of ether oxygens (including phenoxy) is 1. The van der Waals surface area contributed by atoms with E-state index in [1.54, 1.807) is 11.9 Å². The predicted octanol–water partition coefficient (Wildman–Crippen LogP) is 2.60. The molecule has 0 aliphatic carbocycles. The average molecular weight is 367 g/mol. The van der Waals surface area contributed by atoms with Gasteiger partial charge in [-0.05, 0) is 37.1 Å². The normalized spacial score (nSPS) is 16.0. The van der Waals surface area contributed by atoms with E-state index in [2.05, 4.69) is 10.3 Å². The van der Waals surface area contributed by atoms with Crippen LogP contribution in [0.15, 0.2) is 36.4 Å². The minimum Gasteiger partial charge on any atom is -0.482 e. The highest BCUT2D eigenvalue weighted by atomic mass is 16.5. The third kappa shape index (κ3) is 4.27. The quantitative estimate of drug-likeness (QED) is 0.852. The van der Waals surface area contributed by atoms with Gasteiger partial charge >= 0.3 is 0 Å². The van der Waals surface area contributed by atoms with Gasteiger partial charge in [0.05, 0.1) is 5.69 Å². The van der Waals surface area contributed by atoms with Crippen LogP contribution >= 0.6 is 0 Å². The van der Waals surface area contributed by atoms with Crippen LogP contribution in [-0.2, 0) is 16.0 Å². The van der Waals surface area contributed by atoms with Crippen molar-refractivity contribution in [2.45, 2.75) is 32.6 Å². The number of carbonyl (C=O) groups excluding carboxylic acids is 2. The molecule has 1 aromatic heterocycles. The second kappa shape index (κ2) is 8.20. The third-order valence-electron chi connectivity index (χ3n) is 4.84. The number of hydrogen-bond acceptors (Lipinski definition) is 4. The zero-order valence-corrected chi connectivity index (χ0v) is 16.0. The number of pyridine rings is 1. The second-order valence-corrected chi connectivity index (χ2v) is 6.76. The molecule has 0 radical (unpaired) electrons. The summed E-state index contributed by atoms with van der Waals surface area (Å²) in [5.74, 6) is 0.461. The van der Waals surface area contributed by atoms with E-state index in [1.807, 2.05) is 50.2 Å². The number of rotatable bonds is 6. The van der Waals surface area contributed by atoms with Crippen LogP contribution < -0.4 is 15.0 Å². The lowest BCUT2D eigenvalue weighted by Crippen LogP contribution is -2.38. The van der Waals surface area contributed by atoms with Gasteiger partial charge in [0.2, 0.25) is 5.91 Å². The van der Waals surface area contributed by atoms with E-state index in [0.717, 1.165) is 29.1 Å². The largest absolute Gasteiger partial charge is 0.482 e. The Balaban J connectivity index is 1.58. The van der Waals surface area contributed by atoms with Gasteiger partial charge in [-0.1, -0.05) is 25.1 Å². The predicted molar refractivity (Wildman–Crippen MR) is 104 cm³/mol. The molecule has 6 heteroatoms. The Morgan fingerprint density at radius 2 is 2.07 bits per heavy atom. The van der Waals surface area contributed by atoms with Gasteiger partial charge in [-0.3, -0.25) is 14.6 Å². The molecule has 2 heterocycles. The highest BCUT2D eigenvalue weighted by Gasteiger charge is 2.28. The molecule has 6 nitrogen and oxygen atoms in total. The standard InChI is InChI=1S/C21H25N3O3/c1-4-17-19(10-9-14(2)23-17)27-13-20(25)22-12-15-11-21(26)24(3)18-8-6-5-7-16(15)18/h5-10,15H,4,11-13H2,1-3H3,(H,22,25)/t15-/m1/s1. The molecule has 142 valence electrons. The molecular weight excluding hydrogens is 342 g/mol. The minimum atomic E-state index is -0.207. The Morgan fingerprint density at radius 3 is 2.85 bits per heavy atom. The second-order valence-electron chi connectivity index (χ2n) is 6.76. The number of benzene rings is 1. The van der Waals surface area contributed by atoms with Gasteiger partial charge < -0.3 is 15.0 Å². The summed E-state index contributed by atoms with van der Waals surface area (Å²) in [6.45, 7) is 4.27. The van der Waals surface area contributed by atoms with Gasteiger partial charge in [0.25, 0.3) is 5.91 Å². The SMILES string of the molecule is CCc1nc(C)ccc1OCC(=O)NC[C@H]1CC(=O)N(C)c2ccccc21. The molecule has 1 aliphatic heterocycles. The Bertz CT molecular complexity index is 850. The van der Waals surface area contributed by atoms with Crippen LogP contribution in [0.1, 0.15) is 36.2 Å². The molecule has 1 N–H and O–H groups in total. The maximum Gasteiger partial charge on any atom is 0.257 e. The number of nitrogens with zero attached hydrogens (tertiary/aromatic N) is 2. The average Bonchev–Trinajstić information content (AvgIpc) is 2.68. The molecule has 2 aromatic rings. The lowest BCUT2D eigenvalue weighted by atomic mass is 9.89. The van der Waals surface area contributed by atoms with Gasteiger partial charge in [-0.25, -0.2) is 0 Å². The molecule has 0 bridgehead atoms. The molecule has 3 rings (SSSR count). The summed E-state index contributed by atoms with van der Waals surface area (Å²) in [5.41, 5.74) is 3.76. The first-order chi connectivity index (χ1) is 13.0. The maximum atomic E-state index is 12.2. The van der Waals surface area contributed by atoms with E-state index >= 15 is 0 Å². The van der Waals surface area contributed by atoms with Gasteiger partial charge in [-0.2, -0.15) is 0 Å². The topological polar surface area (TPSA) is 71.5 Å². The first kappa shape index (κ1) is 18.9. The molecule has 27 heavy (non-hydrogen) atoms.